The van der Waals surface area contributed by atoms with Gasteiger partial charge < -0.3 is 20.2 Å². The average Bonchev–Trinajstić information content (AvgIpc) is 3.08. The Morgan fingerprint density at radius 2 is 2.18 bits per heavy atom. The molecule has 7 heteroatoms. The predicted molar refractivity (Wildman–Crippen MR) is 84.5 cm³/mol. The highest BCUT2D eigenvalue weighted by Crippen LogP contribution is 2.21. The number of nitrogens with one attached hydrogen (secondary N) is 1. The monoisotopic (exact) mass is 303 g/mol. The zero-order valence-corrected chi connectivity index (χ0v) is 12.5. The van der Waals surface area contributed by atoms with Crippen molar-refractivity contribution < 1.29 is 9.15 Å². The second-order valence-corrected chi connectivity index (χ2v) is 5.20. The maximum atomic E-state index is 5.87. The highest BCUT2D eigenvalue weighted by Gasteiger charge is 2.10. The van der Waals surface area contributed by atoms with E-state index in [0.717, 1.165) is 45.8 Å². The van der Waals surface area contributed by atoms with E-state index in [1.807, 2.05) is 12.1 Å². The third-order valence-electron chi connectivity index (χ3n) is 3.62. The highest BCUT2D eigenvalue weighted by molar-refractivity contribution is 5.62. The average molecular weight is 303 g/mol. The Hall–Kier alpha value is -2.12. The quantitative estimate of drug-likeness (QED) is 0.781. The molecular weight excluding hydrogens is 282 g/mol. The first-order valence-corrected chi connectivity index (χ1v) is 7.53. The van der Waals surface area contributed by atoms with Crippen LogP contribution in [0.2, 0.25) is 0 Å². The van der Waals surface area contributed by atoms with Crippen molar-refractivity contribution in [2.45, 2.75) is 6.42 Å². The number of rotatable bonds is 6. The van der Waals surface area contributed by atoms with E-state index in [9.17, 15) is 0 Å². The Bertz CT molecular complexity index is 582. The van der Waals surface area contributed by atoms with Gasteiger partial charge in [-0.1, -0.05) is 0 Å². The molecule has 1 saturated heterocycles. The Labute approximate surface area is 129 Å². The highest BCUT2D eigenvalue weighted by atomic mass is 16.5. The van der Waals surface area contributed by atoms with Gasteiger partial charge in [-0.25, -0.2) is 9.97 Å². The van der Waals surface area contributed by atoms with Gasteiger partial charge in [0.25, 0.3) is 0 Å². The van der Waals surface area contributed by atoms with Gasteiger partial charge in [0.05, 0.1) is 25.7 Å². The maximum absolute atomic E-state index is 5.87. The summed E-state index contributed by atoms with van der Waals surface area (Å²) in [6, 6.07) is 3.67. The second-order valence-electron chi connectivity index (χ2n) is 5.20. The smallest absolute Gasteiger partial charge is 0.169 e. The van der Waals surface area contributed by atoms with Crippen molar-refractivity contribution in [3.05, 3.63) is 24.6 Å². The Morgan fingerprint density at radius 3 is 2.95 bits per heavy atom. The van der Waals surface area contributed by atoms with Crippen LogP contribution in [-0.2, 0) is 4.74 Å². The molecule has 2 aromatic heterocycles. The molecule has 0 amide bonds. The van der Waals surface area contributed by atoms with Crippen LogP contribution in [0.4, 0.5) is 11.6 Å². The number of nitrogens with zero attached hydrogens (tertiary/aromatic N) is 3. The van der Waals surface area contributed by atoms with Gasteiger partial charge in [0, 0.05) is 19.6 Å². The van der Waals surface area contributed by atoms with E-state index in [4.69, 9.17) is 14.9 Å². The van der Waals surface area contributed by atoms with Crippen LogP contribution >= 0.6 is 0 Å². The molecule has 0 saturated carbocycles. The molecule has 3 heterocycles. The maximum Gasteiger partial charge on any atom is 0.169 e. The standard InChI is InChI=1S/C15H21N5O2/c16-14-15(17-4-2-5-20-6-9-21-10-7-20)19-12(11-18-14)13-3-1-8-22-13/h1,3,8,11H,2,4-7,9-10H2,(H2,16,18)(H,17,19). The lowest BCUT2D eigenvalue weighted by atomic mass is 10.3. The van der Waals surface area contributed by atoms with Crippen LogP contribution in [0, 0.1) is 0 Å². The normalized spacial score (nSPS) is 15.8. The minimum atomic E-state index is 0.404. The van der Waals surface area contributed by atoms with Crippen molar-refractivity contribution in [2.24, 2.45) is 0 Å². The molecule has 1 aliphatic rings. The summed E-state index contributed by atoms with van der Waals surface area (Å²) >= 11 is 0. The number of anilines is 2. The molecule has 118 valence electrons. The molecule has 1 aliphatic heterocycles. The van der Waals surface area contributed by atoms with Gasteiger partial charge in [-0.05, 0) is 25.1 Å². The fourth-order valence-electron chi connectivity index (χ4n) is 2.41. The van der Waals surface area contributed by atoms with Crippen molar-refractivity contribution in [3.63, 3.8) is 0 Å². The molecule has 22 heavy (non-hydrogen) atoms. The SMILES string of the molecule is Nc1ncc(-c2ccco2)nc1NCCCN1CCOCC1. The first-order chi connectivity index (χ1) is 10.8. The van der Waals surface area contributed by atoms with E-state index in [0.29, 0.717) is 23.1 Å². The van der Waals surface area contributed by atoms with Crippen LogP contribution in [0.15, 0.2) is 29.0 Å². The summed E-state index contributed by atoms with van der Waals surface area (Å²) in [5.41, 5.74) is 6.55. The van der Waals surface area contributed by atoms with Crippen LogP contribution in [-0.4, -0.2) is 54.3 Å². The van der Waals surface area contributed by atoms with Gasteiger partial charge in [-0.3, -0.25) is 4.90 Å². The number of nitrogen functional groups attached to an aromatic ring is 1. The summed E-state index contributed by atoms with van der Waals surface area (Å²) in [4.78, 5) is 11.0. The van der Waals surface area contributed by atoms with Gasteiger partial charge in [0.15, 0.2) is 17.4 Å². The summed E-state index contributed by atoms with van der Waals surface area (Å²) in [7, 11) is 0. The predicted octanol–water partition coefficient (Wildman–Crippen LogP) is 1.45. The lowest BCUT2D eigenvalue weighted by Crippen LogP contribution is -2.37. The van der Waals surface area contributed by atoms with Gasteiger partial charge >= 0.3 is 0 Å². The Balaban J connectivity index is 1.52. The number of ether oxygens (including phenoxy) is 1. The number of hydrogen-bond donors (Lipinski definition) is 2. The van der Waals surface area contributed by atoms with E-state index >= 15 is 0 Å². The number of morpholine rings is 1. The minimum absolute atomic E-state index is 0.404. The molecule has 0 bridgehead atoms. The largest absolute Gasteiger partial charge is 0.463 e. The van der Waals surface area contributed by atoms with Crippen LogP contribution in [0.3, 0.4) is 0 Å². The van der Waals surface area contributed by atoms with E-state index in [1.54, 1.807) is 12.5 Å². The van der Waals surface area contributed by atoms with Crippen molar-refractivity contribution in [1.29, 1.82) is 0 Å². The Morgan fingerprint density at radius 1 is 1.32 bits per heavy atom. The van der Waals surface area contributed by atoms with Gasteiger partial charge in [0.2, 0.25) is 0 Å². The van der Waals surface area contributed by atoms with Gasteiger partial charge in [-0.2, -0.15) is 0 Å². The van der Waals surface area contributed by atoms with Gasteiger partial charge in [-0.15, -0.1) is 0 Å². The molecule has 0 aliphatic carbocycles. The third kappa shape index (κ3) is 3.75. The molecule has 1 fully saturated rings. The number of hydrogen-bond acceptors (Lipinski definition) is 7. The molecule has 2 aromatic rings. The second kappa shape index (κ2) is 7.24. The van der Waals surface area contributed by atoms with Crippen molar-refractivity contribution in [1.82, 2.24) is 14.9 Å². The Kier molecular flexibility index (Phi) is 4.87. The van der Waals surface area contributed by atoms with Crippen molar-refractivity contribution in [2.75, 3.05) is 50.4 Å². The summed E-state index contributed by atoms with van der Waals surface area (Å²) < 4.78 is 10.7. The summed E-state index contributed by atoms with van der Waals surface area (Å²) in [6.07, 6.45) is 4.25. The lowest BCUT2D eigenvalue weighted by Gasteiger charge is -2.26. The van der Waals surface area contributed by atoms with Crippen LogP contribution in [0.25, 0.3) is 11.5 Å². The molecule has 7 nitrogen and oxygen atoms in total. The van der Waals surface area contributed by atoms with E-state index in [2.05, 4.69) is 20.2 Å². The lowest BCUT2D eigenvalue weighted by molar-refractivity contribution is 0.0378. The van der Waals surface area contributed by atoms with Crippen LogP contribution in [0.5, 0.6) is 0 Å². The van der Waals surface area contributed by atoms with Gasteiger partial charge in [0.1, 0.15) is 5.69 Å². The van der Waals surface area contributed by atoms with Crippen molar-refractivity contribution in [3.8, 4) is 11.5 Å². The molecule has 0 spiro atoms. The fourth-order valence-corrected chi connectivity index (χ4v) is 2.41. The summed E-state index contributed by atoms with van der Waals surface area (Å²) in [5, 5.41) is 3.26. The summed E-state index contributed by atoms with van der Waals surface area (Å²) in [6.45, 7) is 5.53. The molecular formula is C15H21N5O2. The molecule has 0 aromatic carbocycles. The van der Waals surface area contributed by atoms with Crippen LogP contribution < -0.4 is 11.1 Å². The van der Waals surface area contributed by atoms with E-state index < -0.39 is 0 Å². The molecule has 3 rings (SSSR count). The number of furan rings is 1. The topological polar surface area (TPSA) is 89.4 Å². The van der Waals surface area contributed by atoms with Crippen LogP contribution in [0.1, 0.15) is 6.42 Å². The number of aromatic nitrogens is 2. The first kappa shape index (κ1) is 14.8. The summed E-state index contributed by atoms with van der Waals surface area (Å²) in [5.74, 6) is 1.70. The third-order valence-corrected chi connectivity index (χ3v) is 3.62. The zero-order chi connectivity index (χ0) is 15.2. The molecule has 0 radical (unpaired) electrons. The minimum Gasteiger partial charge on any atom is -0.463 e. The van der Waals surface area contributed by atoms with E-state index in [-0.39, 0.29) is 0 Å². The molecule has 3 N–H and O–H groups in total. The van der Waals surface area contributed by atoms with E-state index in [1.165, 1.54) is 0 Å². The van der Waals surface area contributed by atoms with Crippen molar-refractivity contribution >= 4 is 11.6 Å². The number of nitrogens with two attached hydrogens (primary N) is 1. The molecule has 0 atom stereocenters. The molecule has 0 unspecified atom stereocenters. The first-order valence-electron chi connectivity index (χ1n) is 7.53. The fraction of sp³-hybridized carbons (Fsp3) is 0.467. The zero-order valence-electron chi connectivity index (χ0n) is 12.5.